The van der Waals surface area contributed by atoms with Gasteiger partial charge in [0.25, 0.3) is 0 Å². The van der Waals surface area contributed by atoms with E-state index in [2.05, 4.69) is 15.8 Å². The maximum atomic E-state index is 12.1. The quantitative estimate of drug-likeness (QED) is 0.289. The molecule has 0 bridgehead atoms. The number of anilines is 1. The number of hydrazone groups is 1. The SMILES string of the molecule is C/C(=N\NC(=O)C(=O)Nc1cc(Cl)ccc1Cl)c1ccc(OCc2ccc(C)cc2)cc1. The summed E-state index contributed by atoms with van der Waals surface area (Å²) < 4.78 is 5.79. The lowest BCUT2D eigenvalue weighted by Gasteiger charge is -2.08. The van der Waals surface area contributed by atoms with Crippen LogP contribution in [0.3, 0.4) is 0 Å². The standard InChI is InChI=1S/C24H21Cl2N3O3/c1-15-3-5-17(6-4-15)14-32-20-10-7-18(8-11-20)16(2)28-29-24(31)23(30)27-22-13-19(25)9-12-21(22)26/h3-13H,14H2,1-2H3,(H,27,30)(H,29,31)/b28-16+. The molecule has 164 valence electrons. The first-order chi connectivity index (χ1) is 15.3. The van der Waals surface area contributed by atoms with Crippen LogP contribution in [0.5, 0.6) is 5.75 Å². The van der Waals surface area contributed by atoms with Gasteiger partial charge in [0, 0.05) is 5.02 Å². The van der Waals surface area contributed by atoms with Gasteiger partial charge in [-0.2, -0.15) is 5.10 Å². The molecule has 0 spiro atoms. The number of amides is 2. The molecule has 3 aromatic carbocycles. The molecule has 0 aliphatic carbocycles. The van der Waals surface area contributed by atoms with Gasteiger partial charge in [0.15, 0.2) is 0 Å². The van der Waals surface area contributed by atoms with Crippen LogP contribution in [0, 0.1) is 6.92 Å². The summed E-state index contributed by atoms with van der Waals surface area (Å²) in [5.74, 6) is -1.13. The van der Waals surface area contributed by atoms with Gasteiger partial charge in [-0.15, -0.1) is 0 Å². The zero-order valence-electron chi connectivity index (χ0n) is 17.5. The maximum Gasteiger partial charge on any atom is 0.329 e. The van der Waals surface area contributed by atoms with Crippen LogP contribution in [0.1, 0.15) is 23.6 Å². The Morgan fingerprint density at radius 3 is 2.31 bits per heavy atom. The van der Waals surface area contributed by atoms with Gasteiger partial charge in [0.2, 0.25) is 0 Å². The molecule has 0 atom stereocenters. The second kappa shape index (κ2) is 10.8. The van der Waals surface area contributed by atoms with Crippen molar-refractivity contribution >= 4 is 46.4 Å². The van der Waals surface area contributed by atoms with E-state index in [1.807, 2.05) is 55.5 Å². The molecule has 3 rings (SSSR count). The number of benzene rings is 3. The Balaban J connectivity index is 1.54. The lowest BCUT2D eigenvalue weighted by atomic mass is 10.1. The first-order valence-electron chi connectivity index (χ1n) is 9.71. The fourth-order valence-electron chi connectivity index (χ4n) is 2.67. The van der Waals surface area contributed by atoms with Crippen LogP contribution in [0.4, 0.5) is 5.69 Å². The summed E-state index contributed by atoms with van der Waals surface area (Å²) in [4.78, 5) is 24.1. The molecule has 6 nitrogen and oxygen atoms in total. The Hall–Kier alpha value is -3.35. The van der Waals surface area contributed by atoms with Crippen LogP contribution < -0.4 is 15.5 Å². The van der Waals surface area contributed by atoms with E-state index in [0.29, 0.717) is 23.1 Å². The van der Waals surface area contributed by atoms with Crippen molar-refractivity contribution in [3.8, 4) is 5.75 Å². The van der Waals surface area contributed by atoms with Crippen molar-refractivity contribution < 1.29 is 14.3 Å². The number of hydrogen-bond acceptors (Lipinski definition) is 4. The van der Waals surface area contributed by atoms with Gasteiger partial charge in [-0.1, -0.05) is 53.0 Å². The number of aryl methyl sites for hydroxylation is 1. The van der Waals surface area contributed by atoms with Crippen molar-refractivity contribution in [3.05, 3.63) is 93.5 Å². The van der Waals surface area contributed by atoms with Crippen LogP contribution in [0.2, 0.25) is 10.0 Å². The Morgan fingerprint density at radius 1 is 0.938 bits per heavy atom. The van der Waals surface area contributed by atoms with Crippen molar-refractivity contribution in [2.24, 2.45) is 5.10 Å². The topological polar surface area (TPSA) is 79.8 Å². The number of carbonyl (C=O) groups excluding carboxylic acids is 2. The average molecular weight is 470 g/mol. The molecule has 8 heteroatoms. The zero-order valence-corrected chi connectivity index (χ0v) is 19.0. The monoisotopic (exact) mass is 469 g/mol. The molecule has 0 aromatic heterocycles. The Kier molecular flexibility index (Phi) is 7.87. The molecule has 0 aliphatic heterocycles. The number of nitrogens with one attached hydrogen (secondary N) is 2. The third-order valence-corrected chi connectivity index (χ3v) is 5.07. The van der Waals surface area contributed by atoms with E-state index < -0.39 is 11.8 Å². The van der Waals surface area contributed by atoms with Crippen molar-refractivity contribution in [1.82, 2.24) is 5.43 Å². The largest absolute Gasteiger partial charge is 0.489 e. The molecule has 0 unspecified atom stereocenters. The summed E-state index contributed by atoms with van der Waals surface area (Å²) in [6.07, 6.45) is 0. The zero-order chi connectivity index (χ0) is 23.1. The fraction of sp³-hybridized carbons (Fsp3) is 0.125. The molecule has 32 heavy (non-hydrogen) atoms. The van der Waals surface area contributed by atoms with Crippen LogP contribution in [-0.4, -0.2) is 17.5 Å². The molecular weight excluding hydrogens is 449 g/mol. The predicted molar refractivity (Wildman–Crippen MR) is 127 cm³/mol. The van der Waals surface area contributed by atoms with Crippen molar-refractivity contribution in [2.75, 3.05) is 5.32 Å². The van der Waals surface area contributed by atoms with Gasteiger partial charge in [-0.05, 0) is 67.4 Å². The summed E-state index contributed by atoms with van der Waals surface area (Å²) >= 11 is 11.9. The van der Waals surface area contributed by atoms with Crippen LogP contribution in [-0.2, 0) is 16.2 Å². The highest BCUT2D eigenvalue weighted by atomic mass is 35.5. The molecular formula is C24H21Cl2N3O3. The van der Waals surface area contributed by atoms with Gasteiger partial charge in [0.1, 0.15) is 12.4 Å². The highest BCUT2D eigenvalue weighted by Crippen LogP contribution is 2.25. The maximum absolute atomic E-state index is 12.1. The highest BCUT2D eigenvalue weighted by molar-refractivity contribution is 6.42. The molecule has 0 heterocycles. The van der Waals surface area contributed by atoms with E-state index in [-0.39, 0.29) is 10.7 Å². The van der Waals surface area contributed by atoms with Gasteiger partial charge in [0.05, 0.1) is 16.4 Å². The Labute approximate surface area is 196 Å². The third-order valence-electron chi connectivity index (χ3n) is 4.51. The van der Waals surface area contributed by atoms with Crippen LogP contribution in [0.15, 0.2) is 71.8 Å². The van der Waals surface area contributed by atoms with Gasteiger partial charge >= 0.3 is 11.8 Å². The second-order valence-corrected chi connectivity index (χ2v) is 7.86. The molecule has 0 saturated heterocycles. The van der Waals surface area contributed by atoms with Crippen LogP contribution in [0.25, 0.3) is 0 Å². The summed E-state index contributed by atoms with van der Waals surface area (Å²) in [5, 5.41) is 7.03. The lowest BCUT2D eigenvalue weighted by molar-refractivity contribution is -0.136. The molecule has 0 radical (unpaired) electrons. The molecule has 0 fully saturated rings. The second-order valence-electron chi connectivity index (χ2n) is 7.02. The van der Waals surface area contributed by atoms with Crippen molar-refractivity contribution in [1.29, 1.82) is 0 Å². The summed E-state index contributed by atoms with van der Waals surface area (Å²) in [7, 11) is 0. The Morgan fingerprint density at radius 2 is 1.62 bits per heavy atom. The van der Waals surface area contributed by atoms with Gasteiger partial charge in [-0.3, -0.25) is 9.59 Å². The summed E-state index contributed by atoms with van der Waals surface area (Å²) in [6.45, 7) is 4.22. The number of rotatable bonds is 6. The van der Waals surface area contributed by atoms with Gasteiger partial charge in [-0.25, -0.2) is 5.43 Å². The number of ether oxygens (including phenoxy) is 1. The molecule has 0 aliphatic rings. The van der Waals surface area contributed by atoms with Crippen molar-refractivity contribution in [3.63, 3.8) is 0 Å². The normalized spacial score (nSPS) is 11.1. The predicted octanol–water partition coefficient (Wildman–Crippen LogP) is 5.36. The first-order valence-corrected chi connectivity index (χ1v) is 10.5. The number of hydrogen-bond donors (Lipinski definition) is 2. The fourth-order valence-corrected chi connectivity index (χ4v) is 3.00. The minimum absolute atomic E-state index is 0.237. The van der Waals surface area contributed by atoms with E-state index >= 15 is 0 Å². The number of carbonyl (C=O) groups is 2. The summed E-state index contributed by atoms with van der Waals surface area (Å²) in [5.41, 5.74) is 6.04. The third kappa shape index (κ3) is 6.57. The smallest absolute Gasteiger partial charge is 0.329 e. The number of halogens is 2. The molecule has 0 saturated carbocycles. The van der Waals surface area contributed by atoms with E-state index in [1.54, 1.807) is 13.0 Å². The van der Waals surface area contributed by atoms with Gasteiger partial charge < -0.3 is 10.1 Å². The van der Waals surface area contributed by atoms with E-state index in [9.17, 15) is 9.59 Å². The number of nitrogens with zero attached hydrogens (tertiary/aromatic N) is 1. The summed E-state index contributed by atoms with van der Waals surface area (Å²) in [6, 6.07) is 20.0. The van der Waals surface area contributed by atoms with E-state index in [0.717, 1.165) is 11.1 Å². The molecule has 2 N–H and O–H groups in total. The Bertz CT molecular complexity index is 1140. The lowest BCUT2D eigenvalue weighted by Crippen LogP contribution is -2.33. The molecule has 2 amide bonds. The van der Waals surface area contributed by atoms with E-state index in [1.165, 1.54) is 17.7 Å². The van der Waals surface area contributed by atoms with E-state index in [4.69, 9.17) is 27.9 Å². The minimum atomic E-state index is -0.932. The highest BCUT2D eigenvalue weighted by Gasteiger charge is 2.15. The van der Waals surface area contributed by atoms with Crippen molar-refractivity contribution in [2.45, 2.75) is 20.5 Å². The molecule has 3 aromatic rings. The van der Waals surface area contributed by atoms with Crippen LogP contribution >= 0.6 is 23.2 Å². The average Bonchev–Trinajstić information content (AvgIpc) is 2.79. The first kappa shape index (κ1) is 23.3. The minimum Gasteiger partial charge on any atom is -0.489 e.